The van der Waals surface area contributed by atoms with Crippen molar-refractivity contribution in [1.29, 1.82) is 0 Å². The Morgan fingerprint density at radius 3 is 2.16 bits per heavy atom. The number of thiophene rings is 1. The van der Waals surface area contributed by atoms with Gasteiger partial charge in [0.05, 0.1) is 11.4 Å². The Hall–Kier alpha value is -1.79. The molecular weight excluding hydrogens is 470 g/mol. The maximum atomic E-state index is 12.9. The van der Waals surface area contributed by atoms with Crippen molar-refractivity contribution < 1.29 is 21.6 Å². The molecule has 11 heteroatoms. The van der Waals surface area contributed by atoms with Gasteiger partial charge in [0.25, 0.3) is 15.9 Å². The van der Waals surface area contributed by atoms with Crippen molar-refractivity contribution in [3.8, 4) is 0 Å². The number of sulfonamides is 2. The predicted molar refractivity (Wildman–Crippen MR) is 125 cm³/mol. The van der Waals surface area contributed by atoms with Gasteiger partial charge in [-0.25, -0.2) is 21.1 Å². The molecule has 32 heavy (non-hydrogen) atoms. The summed E-state index contributed by atoms with van der Waals surface area (Å²) in [7, 11) is -2.56. The van der Waals surface area contributed by atoms with Crippen LogP contribution >= 0.6 is 11.3 Å². The molecule has 0 spiro atoms. The van der Waals surface area contributed by atoms with E-state index in [0.717, 1.165) is 47.7 Å². The van der Waals surface area contributed by atoms with E-state index in [-0.39, 0.29) is 27.6 Å². The van der Waals surface area contributed by atoms with Gasteiger partial charge in [0.15, 0.2) is 0 Å². The van der Waals surface area contributed by atoms with Gasteiger partial charge in [-0.15, -0.1) is 11.3 Å². The molecule has 1 aromatic heterocycles. The molecule has 1 heterocycles. The van der Waals surface area contributed by atoms with Crippen LogP contribution in [0.5, 0.6) is 0 Å². The number of rotatable bonds is 8. The quantitative estimate of drug-likeness (QED) is 0.602. The molecule has 1 aliphatic rings. The van der Waals surface area contributed by atoms with E-state index in [1.54, 1.807) is 13.1 Å². The third-order valence-electron chi connectivity index (χ3n) is 5.68. The van der Waals surface area contributed by atoms with Crippen LogP contribution in [0.25, 0.3) is 0 Å². The molecule has 0 aliphatic heterocycles. The predicted octanol–water partition coefficient (Wildman–Crippen LogP) is 2.88. The summed E-state index contributed by atoms with van der Waals surface area (Å²) in [5.74, 6) is -0.361. The molecule has 0 unspecified atom stereocenters. The van der Waals surface area contributed by atoms with E-state index in [9.17, 15) is 21.6 Å². The van der Waals surface area contributed by atoms with Crippen LogP contribution in [0.1, 0.15) is 47.3 Å². The van der Waals surface area contributed by atoms with Crippen LogP contribution < -0.4 is 5.32 Å². The normalized spacial score (nSPS) is 15.9. The highest BCUT2D eigenvalue weighted by Gasteiger charge is 2.29. The highest BCUT2D eigenvalue weighted by Crippen LogP contribution is 2.27. The number of benzene rings is 1. The van der Waals surface area contributed by atoms with E-state index in [1.807, 2.05) is 0 Å². The number of hydrogen-bond acceptors (Lipinski definition) is 6. The zero-order valence-corrected chi connectivity index (χ0v) is 20.9. The Morgan fingerprint density at radius 2 is 1.56 bits per heavy atom. The van der Waals surface area contributed by atoms with Gasteiger partial charge in [-0.3, -0.25) is 4.79 Å². The number of nitrogens with zero attached hydrogens (tertiary/aromatic N) is 2. The van der Waals surface area contributed by atoms with Crippen LogP contribution in [0.15, 0.2) is 45.5 Å². The van der Waals surface area contributed by atoms with Gasteiger partial charge in [0.1, 0.15) is 4.21 Å². The molecule has 1 saturated carbocycles. The lowest BCUT2D eigenvalue weighted by Crippen LogP contribution is -2.38. The van der Waals surface area contributed by atoms with Crippen LogP contribution in [-0.2, 0) is 26.6 Å². The minimum Gasteiger partial charge on any atom is -0.347 e. The summed E-state index contributed by atoms with van der Waals surface area (Å²) in [6.45, 7) is 0.177. The standard InChI is InChI=1S/C21H29N3O5S3/c1-23(2)32(28,29)20-14-11-18(30-20)15-22-21(25)16-9-12-19(13-10-16)31(26,27)24(3)17-7-5-4-6-8-17/h9-14,17H,4-8,15H2,1-3H3,(H,22,25). The van der Waals surface area contributed by atoms with E-state index < -0.39 is 20.0 Å². The molecule has 1 aliphatic carbocycles. The summed E-state index contributed by atoms with van der Waals surface area (Å²) in [4.78, 5) is 13.3. The lowest BCUT2D eigenvalue weighted by atomic mass is 9.96. The molecule has 0 atom stereocenters. The fourth-order valence-electron chi connectivity index (χ4n) is 3.63. The molecule has 0 radical (unpaired) electrons. The summed E-state index contributed by atoms with van der Waals surface area (Å²) < 4.78 is 53.0. The molecule has 1 N–H and O–H groups in total. The van der Waals surface area contributed by atoms with Gasteiger partial charge < -0.3 is 5.32 Å². The van der Waals surface area contributed by atoms with Crippen LogP contribution in [0, 0.1) is 0 Å². The summed E-state index contributed by atoms with van der Waals surface area (Å²) in [5.41, 5.74) is 0.335. The van der Waals surface area contributed by atoms with Crippen LogP contribution in [0.3, 0.4) is 0 Å². The van der Waals surface area contributed by atoms with E-state index in [4.69, 9.17) is 0 Å². The molecule has 8 nitrogen and oxygen atoms in total. The molecule has 3 rings (SSSR count). The van der Waals surface area contributed by atoms with Crippen molar-refractivity contribution in [2.45, 2.75) is 53.8 Å². The molecular formula is C21H29N3O5S3. The topological polar surface area (TPSA) is 104 Å². The van der Waals surface area contributed by atoms with Crippen molar-refractivity contribution in [1.82, 2.24) is 13.9 Å². The lowest BCUT2D eigenvalue weighted by molar-refractivity contribution is 0.0951. The van der Waals surface area contributed by atoms with E-state index in [1.165, 1.54) is 48.7 Å². The minimum atomic E-state index is -3.61. The number of hydrogen-bond donors (Lipinski definition) is 1. The number of carbonyl (C=O) groups excluding carboxylic acids is 1. The summed E-state index contributed by atoms with van der Waals surface area (Å²) in [6.07, 6.45) is 4.96. The Balaban J connectivity index is 1.63. The first-order chi connectivity index (χ1) is 15.0. The molecule has 1 amide bonds. The molecule has 1 fully saturated rings. The van der Waals surface area contributed by atoms with Gasteiger partial charge in [0.2, 0.25) is 10.0 Å². The number of nitrogens with one attached hydrogen (secondary N) is 1. The van der Waals surface area contributed by atoms with Gasteiger partial charge in [0, 0.05) is 37.6 Å². The van der Waals surface area contributed by atoms with E-state index in [2.05, 4.69) is 5.32 Å². The Kier molecular flexibility index (Phi) is 7.77. The third kappa shape index (κ3) is 5.40. The summed E-state index contributed by atoms with van der Waals surface area (Å²) in [6, 6.07) is 9.10. The second-order valence-corrected chi connectivity index (χ2v) is 13.6. The molecule has 0 bridgehead atoms. The molecule has 0 saturated heterocycles. The maximum Gasteiger partial charge on any atom is 0.252 e. The Morgan fingerprint density at radius 1 is 0.938 bits per heavy atom. The molecule has 176 valence electrons. The highest BCUT2D eigenvalue weighted by atomic mass is 32.2. The number of carbonyl (C=O) groups is 1. The van der Waals surface area contributed by atoms with Crippen LogP contribution in [0.4, 0.5) is 0 Å². The van der Waals surface area contributed by atoms with Crippen molar-refractivity contribution in [3.63, 3.8) is 0 Å². The van der Waals surface area contributed by atoms with Crippen molar-refractivity contribution >= 4 is 37.3 Å². The smallest absolute Gasteiger partial charge is 0.252 e. The van der Waals surface area contributed by atoms with Crippen LogP contribution in [0.2, 0.25) is 0 Å². The maximum absolute atomic E-state index is 12.9. The second-order valence-electron chi connectivity index (χ2n) is 8.03. The summed E-state index contributed by atoms with van der Waals surface area (Å²) >= 11 is 1.10. The van der Waals surface area contributed by atoms with Crippen molar-refractivity contribution in [2.24, 2.45) is 0 Å². The monoisotopic (exact) mass is 499 g/mol. The average Bonchev–Trinajstić information content (AvgIpc) is 3.27. The van der Waals surface area contributed by atoms with Crippen molar-refractivity contribution in [2.75, 3.05) is 21.1 Å². The molecule has 1 aromatic carbocycles. The van der Waals surface area contributed by atoms with E-state index >= 15 is 0 Å². The number of amides is 1. The minimum absolute atomic E-state index is 0.0173. The van der Waals surface area contributed by atoms with Crippen LogP contribution in [-0.4, -0.2) is 58.5 Å². The third-order valence-corrected chi connectivity index (χ3v) is 11.0. The zero-order chi connectivity index (χ0) is 23.5. The van der Waals surface area contributed by atoms with Gasteiger partial charge >= 0.3 is 0 Å². The fourth-order valence-corrected chi connectivity index (χ4v) is 7.51. The fraction of sp³-hybridized carbons (Fsp3) is 0.476. The van der Waals surface area contributed by atoms with Gasteiger partial charge in [-0.05, 0) is 49.2 Å². The first-order valence-corrected chi connectivity index (χ1v) is 14.1. The van der Waals surface area contributed by atoms with Gasteiger partial charge in [-0.2, -0.15) is 4.31 Å². The second kappa shape index (κ2) is 10.0. The van der Waals surface area contributed by atoms with Gasteiger partial charge in [-0.1, -0.05) is 19.3 Å². The first kappa shape index (κ1) is 24.8. The Bertz CT molecular complexity index is 1150. The average molecular weight is 500 g/mol. The lowest BCUT2D eigenvalue weighted by Gasteiger charge is -2.30. The SMILES string of the molecule is CN(C)S(=O)(=O)c1ccc(CNC(=O)c2ccc(S(=O)(=O)N(C)C3CCCCC3)cc2)s1. The highest BCUT2D eigenvalue weighted by molar-refractivity contribution is 7.91. The largest absolute Gasteiger partial charge is 0.347 e. The Labute approximate surface area is 194 Å². The molecule has 2 aromatic rings. The van der Waals surface area contributed by atoms with Crippen molar-refractivity contribution in [3.05, 3.63) is 46.8 Å². The first-order valence-electron chi connectivity index (χ1n) is 10.4. The zero-order valence-electron chi connectivity index (χ0n) is 18.4. The summed E-state index contributed by atoms with van der Waals surface area (Å²) in [5, 5.41) is 2.75. The van der Waals surface area contributed by atoms with E-state index in [0.29, 0.717) is 10.4 Å².